The highest BCUT2D eigenvalue weighted by Gasteiger charge is 2.33. The molecule has 2 N–H and O–H groups in total. The van der Waals surface area contributed by atoms with E-state index in [9.17, 15) is 27.6 Å². The van der Waals surface area contributed by atoms with Crippen molar-refractivity contribution in [1.82, 2.24) is 4.98 Å². The van der Waals surface area contributed by atoms with E-state index in [1.54, 1.807) is 0 Å². The molecule has 0 aliphatic rings. The first-order valence-electron chi connectivity index (χ1n) is 7.93. The van der Waals surface area contributed by atoms with Crippen LogP contribution in [0.1, 0.15) is 44.6 Å². The Morgan fingerprint density at radius 2 is 1.89 bits per heavy atom. The minimum Gasteiger partial charge on any atom is -0.465 e. The molecule has 0 saturated carbocycles. The molecular formula is C18H16BrF3N2O4. The van der Waals surface area contributed by atoms with Gasteiger partial charge in [-0.25, -0.2) is 4.79 Å². The number of aromatic amines is 1. The van der Waals surface area contributed by atoms with Gasteiger partial charge in [0.05, 0.1) is 30.4 Å². The molecule has 0 radical (unpaired) electrons. The van der Waals surface area contributed by atoms with Gasteiger partial charge in [-0.15, -0.1) is 0 Å². The lowest BCUT2D eigenvalue weighted by atomic mass is 10.1. The number of methoxy groups -OCH3 is 1. The number of alkyl halides is 3. The van der Waals surface area contributed by atoms with Crippen LogP contribution in [0, 0.1) is 6.92 Å². The molecule has 2 aromatic rings. The van der Waals surface area contributed by atoms with Crippen molar-refractivity contribution in [3.8, 4) is 0 Å². The predicted molar refractivity (Wildman–Crippen MR) is 98.4 cm³/mol. The highest BCUT2D eigenvalue weighted by molar-refractivity contribution is 9.10. The molecule has 150 valence electrons. The second-order valence-corrected chi connectivity index (χ2v) is 6.80. The zero-order chi connectivity index (χ0) is 21.2. The summed E-state index contributed by atoms with van der Waals surface area (Å²) < 4.78 is 43.5. The van der Waals surface area contributed by atoms with Crippen LogP contribution in [-0.4, -0.2) is 29.8 Å². The van der Waals surface area contributed by atoms with Crippen LogP contribution in [0.4, 0.5) is 18.9 Å². The second kappa shape index (κ2) is 8.17. The fraction of sp³-hybridized carbons (Fsp3) is 0.278. The fourth-order valence-electron chi connectivity index (χ4n) is 2.71. The quantitative estimate of drug-likeness (QED) is 0.514. The van der Waals surface area contributed by atoms with Gasteiger partial charge in [-0.05, 0) is 30.7 Å². The van der Waals surface area contributed by atoms with Crippen molar-refractivity contribution >= 4 is 39.3 Å². The summed E-state index contributed by atoms with van der Waals surface area (Å²) in [6.07, 6.45) is -4.96. The number of aromatic nitrogens is 1. The van der Waals surface area contributed by atoms with Crippen molar-refractivity contribution in [2.45, 2.75) is 26.4 Å². The lowest BCUT2D eigenvalue weighted by Crippen LogP contribution is -2.17. The Balaban J connectivity index is 2.30. The van der Waals surface area contributed by atoms with Gasteiger partial charge >= 0.3 is 12.1 Å². The summed E-state index contributed by atoms with van der Waals surface area (Å²) in [6, 6.07) is 3.27. The number of H-pyrrole nitrogens is 1. The Bertz CT molecular complexity index is 951. The Morgan fingerprint density at radius 3 is 2.43 bits per heavy atom. The van der Waals surface area contributed by atoms with E-state index in [2.05, 4.69) is 31.0 Å². The van der Waals surface area contributed by atoms with Gasteiger partial charge in [0.1, 0.15) is 0 Å². The van der Waals surface area contributed by atoms with Crippen molar-refractivity contribution < 1.29 is 32.3 Å². The van der Waals surface area contributed by atoms with E-state index in [0.29, 0.717) is 5.56 Å². The van der Waals surface area contributed by atoms with Gasteiger partial charge in [-0.3, -0.25) is 9.59 Å². The lowest BCUT2D eigenvalue weighted by molar-refractivity contribution is -0.138. The molecule has 0 unspecified atom stereocenters. The number of hydrogen-bond acceptors (Lipinski definition) is 4. The van der Waals surface area contributed by atoms with Crippen LogP contribution < -0.4 is 5.32 Å². The summed E-state index contributed by atoms with van der Waals surface area (Å²) in [6.45, 7) is 2.83. The van der Waals surface area contributed by atoms with E-state index < -0.39 is 23.6 Å². The first kappa shape index (κ1) is 21.7. The molecule has 0 fully saturated rings. The molecule has 0 aliphatic carbocycles. The fourth-order valence-corrected chi connectivity index (χ4v) is 3.18. The molecule has 0 atom stereocenters. The van der Waals surface area contributed by atoms with Crippen LogP contribution in [0.5, 0.6) is 0 Å². The van der Waals surface area contributed by atoms with Crippen molar-refractivity contribution in [1.29, 1.82) is 0 Å². The molecule has 0 spiro atoms. The van der Waals surface area contributed by atoms with E-state index >= 15 is 0 Å². The van der Waals surface area contributed by atoms with Crippen molar-refractivity contribution in [2.75, 3.05) is 12.4 Å². The van der Waals surface area contributed by atoms with Crippen LogP contribution in [-0.2, 0) is 22.1 Å². The summed E-state index contributed by atoms with van der Waals surface area (Å²) >= 11 is 2.82. The maximum absolute atomic E-state index is 13.0. The minimum atomic E-state index is -4.59. The van der Waals surface area contributed by atoms with Crippen LogP contribution in [0.2, 0.25) is 0 Å². The number of hydrogen-bond donors (Lipinski definition) is 2. The first-order valence-corrected chi connectivity index (χ1v) is 8.72. The molecule has 6 nitrogen and oxygen atoms in total. The standard InChI is InChI=1S/C18H16BrF3N2O4/c1-8-15(17(27)28-3)13(24-16(8)9(2)25)7-14(26)23-10-4-5-12(19)11(6-10)18(20,21)22/h4-6,24H,7H2,1-3H3,(H,23,26). The third-order valence-electron chi connectivity index (χ3n) is 3.96. The normalized spacial score (nSPS) is 11.2. The third-order valence-corrected chi connectivity index (χ3v) is 4.65. The van der Waals surface area contributed by atoms with Crippen LogP contribution in [0.15, 0.2) is 22.7 Å². The number of rotatable bonds is 5. The number of benzene rings is 1. The van der Waals surface area contributed by atoms with E-state index in [-0.39, 0.29) is 39.3 Å². The number of ketones is 1. The number of anilines is 1. The highest BCUT2D eigenvalue weighted by atomic mass is 79.9. The van der Waals surface area contributed by atoms with Crippen molar-refractivity contribution in [3.63, 3.8) is 0 Å². The second-order valence-electron chi connectivity index (χ2n) is 5.94. The summed E-state index contributed by atoms with van der Waals surface area (Å²) in [5.41, 5.74) is -0.309. The Hall–Kier alpha value is -2.62. The van der Waals surface area contributed by atoms with Gasteiger partial charge in [-0.2, -0.15) is 13.2 Å². The smallest absolute Gasteiger partial charge is 0.417 e. The largest absolute Gasteiger partial charge is 0.465 e. The number of carbonyl (C=O) groups excluding carboxylic acids is 3. The monoisotopic (exact) mass is 460 g/mol. The van der Waals surface area contributed by atoms with Crippen LogP contribution >= 0.6 is 15.9 Å². The number of Topliss-reactive ketones (excluding diaryl/α,β-unsaturated/α-hetero) is 1. The molecular weight excluding hydrogens is 445 g/mol. The van der Waals surface area contributed by atoms with Gasteiger partial charge in [0.25, 0.3) is 0 Å². The average Bonchev–Trinajstić information content (AvgIpc) is 2.91. The van der Waals surface area contributed by atoms with Gasteiger partial charge in [-0.1, -0.05) is 15.9 Å². The molecule has 2 rings (SSSR count). The molecule has 0 aliphatic heterocycles. The van der Waals surface area contributed by atoms with Crippen molar-refractivity contribution in [2.24, 2.45) is 0 Å². The molecule has 1 aromatic heterocycles. The molecule has 28 heavy (non-hydrogen) atoms. The molecule has 1 heterocycles. The average molecular weight is 461 g/mol. The van der Waals surface area contributed by atoms with E-state index in [1.807, 2.05) is 0 Å². The predicted octanol–water partition coefficient (Wildman–Crippen LogP) is 4.27. The molecule has 10 heteroatoms. The zero-order valence-electron chi connectivity index (χ0n) is 15.1. The number of ether oxygens (including phenoxy) is 1. The number of amides is 1. The third kappa shape index (κ3) is 4.61. The number of esters is 1. The number of nitrogens with one attached hydrogen (secondary N) is 2. The highest BCUT2D eigenvalue weighted by Crippen LogP contribution is 2.36. The first-order chi connectivity index (χ1) is 13.0. The molecule has 0 saturated heterocycles. The number of carbonyl (C=O) groups is 3. The Kier molecular flexibility index (Phi) is 6.33. The van der Waals surface area contributed by atoms with Gasteiger partial charge < -0.3 is 15.0 Å². The zero-order valence-corrected chi connectivity index (χ0v) is 16.7. The molecule has 0 bridgehead atoms. The molecule has 1 aromatic carbocycles. The summed E-state index contributed by atoms with van der Waals surface area (Å²) in [4.78, 5) is 38.7. The van der Waals surface area contributed by atoms with E-state index in [1.165, 1.54) is 26.0 Å². The Morgan fingerprint density at radius 1 is 1.25 bits per heavy atom. The lowest BCUT2D eigenvalue weighted by Gasteiger charge is -2.12. The summed E-state index contributed by atoms with van der Waals surface area (Å²) in [5, 5.41) is 2.36. The van der Waals surface area contributed by atoms with Crippen LogP contribution in [0.25, 0.3) is 0 Å². The topological polar surface area (TPSA) is 88.3 Å². The van der Waals surface area contributed by atoms with Crippen molar-refractivity contribution in [3.05, 3.63) is 50.8 Å². The minimum absolute atomic E-state index is 0.0506. The molecule has 1 amide bonds. The van der Waals surface area contributed by atoms with E-state index in [4.69, 9.17) is 0 Å². The van der Waals surface area contributed by atoms with E-state index in [0.717, 1.165) is 13.2 Å². The van der Waals surface area contributed by atoms with Crippen LogP contribution in [0.3, 0.4) is 0 Å². The van der Waals surface area contributed by atoms with Gasteiger partial charge in [0.2, 0.25) is 5.91 Å². The SMILES string of the molecule is COC(=O)c1c(CC(=O)Nc2ccc(Br)c(C(F)(F)F)c2)[nH]c(C(C)=O)c1C. The van der Waals surface area contributed by atoms with Gasteiger partial charge in [0.15, 0.2) is 5.78 Å². The maximum atomic E-state index is 13.0. The summed E-state index contributed by atoms with van der Waals surface area (Å²) in [5.74, 6) is -1.74. The maximum Gasteiger partial charge on any atom is 0.417 e. The Labute approximate surface area is 166 Å². The van der Waals surface area contributed by atoms with Gasteiger partial charge in [0, 0.05) is 22.8 Å². The number of halogens is 4. The summed E-state index contributed by atoms with van der Waals surface area (Å²) in [7, 11) is 1.16.